The van der Waals surface area contributed by atoms with Crippen LogP contribution in [0.4, 0.5) is 4.39 Å². The molecule has 1 aliphatic rings. The number of rotatable bonds is 6. The van der Waals surface area contributed by atoms with E-state index in [1.807, 2.05) is 11.8 Å². The Balaban J connectivity index is 2.07. The minimum Gasteiger partial charge on any atom is -0.473 e. The Morgan fingerprint density at radius 1 is 1.42 bits per heavy atom. The van der Waals surface area contributed by atoms with Crippen LogP contribution in [0.25, 0.3) is 0 Å². The monoisotopic (exact) mass is 303 g/mol. The van der Waals surface area contributed by atoms with Crippen molar-refractivity contribution in [2.24, 2.45) is 0 Å². The van der Waals surface area contributed by atoms with Gasteiger partial charge in [-0.15, -0.1) is 0 Å². The second-order valence-corrected chi connectivity index (χ2v) is 6.22. The topological polar surface area (TPSA) is 12.5 Å². The molecule has 0 N–H and O–H groups in total. The molecule has 1 unspecified atom stereocenters. The smallest absolute Gasteiger partial charge is 0.161 e. The number of ether oxygens (including phenoxy) is 1. The highest BCUT2D eigenvalue weighted by Crippen LogP contribution is 2.29. The van der Waals surface area contributed by atoms with Gasteiger partial charge in [-0.1, -0.05) is 24.6 Å². The van der Waals surface area contributed by atoms with Gasteiger partial charge in [-0.25, -0.2) is 4.39 Å². The lowest BCUT2D eigenvalue weighted by Gasteiger charge is -2.28. The van der Waals surface area contributed by atoms with Crippen LogP contribution >= 0.6 is 23.4 Å². The van der Waals surface area contributed by atoms with Crippen molar-refractivity contribution in [2.45, 2.75) is 26.0 Å². The lowest BCUT2D eigenvalue weighted by atomic mass is 10.3. The lowest BCUT2D eigenvalue weighted by molar-refractivity contribution is 0.0631. The fraction of sp³-hybridized carbons (Fsp3) is 0.571. The number of likely N-dealkylation sites (tertiary alicyclic amines) is 1. The number of nitrogens with zero attached hydrogens (tertiary/aromatic N) is 1. The van der Waals surface area contributed by atoms with Crippen LogP contribution in [0.15, 0.2) is 18.2 Å². The summed E-state index contributed by atoms with van der Waals surface area (Å²) in [4.78, 5) is 2.31. The van der Waals surface area contributed by atoms with Gasteiger partial charge in [-0.05, 0) is 30.7 Å². The van der Waals surface area contributed by atoms with Gasteiger partial charge < -0.3 is 4.74 Å². The Morgan fingerprint density at radius 2 is 2.16 bits per heavy atom. The molecule has 1 aromatic rings. The van der Waals surface area contributed by atoms with Crippen molar-refractivity contribution in [3.63, 3.8) is 0 Å². The molecule has 0 aliphatic carbocycles. The zero-order valence-electron chi connectivity index (χ0n) is 11.1. The molecule has 0 amide bonds. The van der Waals surface area contributed by atoms with Gasteiger partial charge >= 0.3 is 0 Å². The van der Waals surface area contributed by atoms with Crippen molar-refractivity contribution in [1.82, 2.24) is 4.90 Å². The highest BCUT2D eigenvalue weighted by molar-refractivity contribution is 7.99. The van der Waals surface area contributed by atoms with E-state index in [1.54, 1.807) is 12.1 Å². The van der Waals surface area contributed by atoms with E-state index in [9.17, 15) is 4.39 Å². The molecule has 0 spiro atoms. The Bertz CT molecular complexity index is 412. The number of thioether (sulfide) groups is 1. The van der Waals surface area contributed by atoms with Crippen molar-refractivity contribution in [1.29, 1.82) is 0 Å². The van der Waals surface area contributed by atoms with Crippen molar-refractivity contribution in [3.05, 3.63) is 29.0 Å². The van der Waals surface area contributed by atoms with E-state index in [0.29, 0.717) is 5.75 Å². The summed E-state index contributed by atoms with van der Waals surface area (Å²) in [7, 11) is 0. The molecule has 1 heterocycles. The highest BCUT2D eigenvalue weighted by atomic mass is 35.5. The fourth-order valence-corrected chi connectivity index (χ4v) is 3.07. The largest absolute Gasteiger partial charge is 0.473 e. The third-order valence-electron chi connectivity index (χ3n) is 3.19. The number of benzene rings is 1. The summed E-state index contributed by atoms with van der Waals surface area (Å²) >= 11 is 7.78. The number of halogens is 2. The second-order valence-electron chi connectivity index (χ2n) is 4.53. The maximum Gasteiger partial charge on any atom is 0.161 e. The predicted octanol–water partition coefficient (Wildman–Crippen LogP) is 4.03. The molecule has 5 heteroatoms. The summed E-state index contributed by atoms with van der Waals surface area (Å²) < 4.78 is 19.4. The van der Waals surface area contributed by atoms with Gasteiger partial charge in [0, 0.05) is 18.8 Å². The Morgan fingerprint density at radius 3 is 2.84 bits per heavy atom. The molecule has 19 heavy (non-hydrogen) atoms. The van der Waals surface area contributed by atoms with Crippen LogP contribution in [0, 0.1) is 5.82 Å². The maximum atomic E-state index is 13.4. The van der Waals surface area contributed by atoms with Crippen LogP contribution < -0.4 is 4.74 Å². The predicted molar refractivity (Wildman–Crippen MR) is 79.6 cm³/mol. The van der Waals surface area contributed by atoms with E-state index in [2.05, 4.69) is 11.8 Å². The van der Waals surface area contributed by atoms with Crippen LogP contribution in [0.3, 0.4) is 0 Å². The van der Waals surface area contributed by atoms with E-state index in [-0.39, 0.29) is 11.3 Å². The Labute approximate surface area is 123 Å². The summed E-state index contributed by atoms with van der Waals surface area (Å²) in [6, 6.07) is 4.70. The first-order valence-electron chi connectivity index (χ1n) is 6.65. The lowest BCUT2D eigenvalue weighted by Crippen LogP contribution is -2.39. The molecule has 1 aromatic carbocycles. The highest BCUT2D eigenvalue weighted by Gasteiger charge is 2.24. The van der Waals surface area contributed by atoms with Crippen molar-refractivity contribution < 1.29 is 9.13 Å². The van der Waals surface area contributed by atoms with Gasteiger partial charge in [0.05, 0.1) is 0 Å². The van der Waals surface area contributed by atoms with Crippen LogP contribution in [0.2, 0.25) is 5.02 Å². The van der Waals surface area contributed by atoms with Gasteiger partial charge in [0.15, 0.2) is 6.23 Å². The van der Waals surface area contributed by atoms with Gasteiger partial charge in [-0.3, -0.25) is 4.90 Å². The van der Waals surface area contributed by atoms with E-state index in [4.69, 9.17) is 16.3 Å². The van der Waals surface area contributed by atoms with Gasteiger partial charge in [0.1, 0.15) is 16.6 Å². The van der Waals surface area contributed by atoms with Gasteiger partial charge in [-0.2, -0.15) is 11.8 Å². The summed E-state index contributed by atoms with van der Waals surface area (Å²) in [6.07, 6.45) is 2.38. The van der Waals surface area contributed by atoms with Crippen LogP contribution in [-0.2, 0) is 0 Å². The molecule has 1 aliphatic heterocycles. The summed E-state index contributed by atoms with van der Waals surface area (Å²) in [5, 5.41) is 0.0770. The van der Waals surface area contributed by atoms with Gasteiger partial charge in [0.25, 0.3) is 0 Å². The average molecular weight is 304 g/mol. The van der Waals surface area contributed by atoms with E-state index < -0.39 is 5.82 Å². The normalized spacial score (nSPS) is 17.6. The van der Waals surface area contributed by atoms with E-state index in [1.165, 1.54) is 18.9 Å². The zero-order chi connectivity index (χ0) is 13.7. The standard InChI is InChI=1S/C14H19ClFNOS/c1-2-19-10-13(17-8-3-4-9-17)18-12-7-5-6-11(16)14(12)15/h5-7,13H,2-4,8-10H2,1H3. The quantitative estimate of drug-likeness (QED) is 0.787. The number of hydrogen-bond acceptors (Lipinski definition) is 3. The van der Waals surface area contributed by atoms with E-state index >= 15 is 0 Å². The minimum atomic E-state index is -0.428. The molecule has 1 fully saturated rings. The Kier molecular flexibility index (Phi) is 5.79. The average Bonchev–Trinajstić information content (AvgIpc) is 2.93. The van der Waals surface area contributed by atoms with Crippen molar-refractivity contribution >= 4 is 23.4 Å². The molecule has 0 saturated carbocycles. The molecular formula is C14H19ClFNOS. The number of hydrogen-bond donors (Lipinski definition) is 0. The summed E-state index contributed by atoms with van der Waals surface area (Å²) in [6.45, 7) is 4.21. The molecule has 106 valence electrons. The minimum absolute atomic E-state index is 0.0215. The van der Waals surface area contributed by atoms with Crippen LogP contribution in [0.5, 0.6) is 5.75 Å². The molecule has 0 bridgehead atoms. The maximum absolute atomic E-state index is 13.4. The van der Waals surface area contributed by atoms with Crippen molar-refractivity contribution in [3.8, 4) is 5.75 Å². The third-order valence-corrected chi connectivity index (χ3v) is 4.49. The van der Waals surface area contributed by atoms with Crippen LogP contribution in [-0.4, -0.2) is 35.7 Å². The molecule has 1 atom stereocenters. The molecule has 0 aromatic heterocycles. The summed E-state index contributed by atoms with van der Waals surface area (Å²) in [5.74, 6) is 1.94. The fourth-order valence-electron chi connectivity index (χ4n) is 2.18. The molecule has 2 nitrogen and oxygen atoms in total. The molecule has 2 rings (SSSR count). The third kappa shape index (κ3) is 4.01. The Hall–Kier alpha value is -0.450. The first-order valence-corrected chi connectivity index (χ1v) is 8.18. The molecule has 0 radical (unpaired) electrons. The van der Waals surface area contributed by atoms with Gasteiger partial charge in [0.2, 0.25) is 0 Å². The molecule has 1 saturated heterocycles. The first-order chi connectivity index (χ1) is 9.22. The SMILES string of the molecule is CCSCC(Oc1cccc(F)c1Cl)N1CCCC1. The summed E-state index contributed by atoms with van der Waals surface area (Å²) in [5.41, 5.74) is 0. The van der Waals surface area contributed by atoms with Crippen LogP contribution in [0.1, 0.15) is 19.8 Å². The van der Waals surface area contributed by atoms with E-state index in [0.717, 1.165) is 24.6 Å². The molecular weight excluding hydrogens is 285 g/mol. The zero-order valence-corrected chi connectivity index (χ0v) is 12.6. The second kappa shape index (κ2) is 7.36. The first kappa shape index (κ1) is 14.9. The van der Waals surface area contributed by atoms with Crippen molar-refractivity contribution in [2.75, 3.05) is 24.6 Å².